The molecule has 0 aromatic carbocycles. The quantitative estimate of drug-likeness (QED) is 0.572. The first-order valence-electron chi connectivity index (χ1n) is 4.12. The van der Waals surface area contributed by atoms with Crippen LogP contribution in [0, 0.1) is 5.41 Å². The zero-order valence-corrected chi connectivity index (χ0v) is 6.80. The van der Waals surface area contributed by atoms with Gasteiger partial charge in [0.25, 0.3) is 0 Å². The Morgan fingerprint density at radius 2 is 2.30 bits per heavy atom. The van der Waals surface area contributed by atoms with Crippen molar-refractivity contribution in [2.75, 3.05) is 13.6 Å². The van der Waals surface area contributed by atoms with Crippen LogP contribution in [0.15, 0.2) is 0 Å². The van der Waals surface area contributed by atoms with Crippen LogP contribution < -0.4 is 5.73 Å². The number of likely N-dealkylation sites (tertiary alicyclic amines) is 1. The average molecular weight is 140 g/mol. The number of rotatable bonds is 1. The van der Waals surface area contributed by atoms with Gasteiger partial charge >= 0.3 is 0 Å². The number of fused-ring (bicyclic) bond motifs is 1. The molecule has 0 aromatic heterocycles. The van der Waals surface area contributed by atoms with Crippen LogP contribution in [0.25, 0.3) is 0 Å². The van der Waals surface area contributed by atoms with Crippen LogP contribution in [0.5, 0.6) is 0 Å². The van der Waals surface area contributed by atoms with E-state index in [0.29, 0.717) is 5.41 Å². The molecule has 0 bridgehead atoms. The fourth-order valence-corrected chi connectivity index (χ4v) is 2.46. The molecule has 2 aliphatic rings. The third kappa shape index (κ3) is 0.611. The molecule has 0 radical (unpaired) electrons. The number of hydrogen-bond donors (Lipinski definition) is 1. The van der Waals surface area contributed by atoms with Crippen LogP contribution in [0.3, 0.4) is 0 Å². The minimum Gasteiger partial charge on any atom is -0.330 e. The van der Waals surface area contributed by atoms with Gasteiger partial charge in [-0.25, -0.2) is 0 Å². The first-order chi connectivity index (χ1) is 4.69. The van der Waals surface area contributed by atoms with Crippen molar-refractivity contribution < 1.29 is 0 Å². The van der Waals surface area contributed by atoms with Crippen LogP contribution >= 0.6 is 0 Å². The molecule has 2 N–H and O–H groups in total. The largest absolute Gasteiger partial charge is 0.330 e. The highest BCUT2D eigenvalue weighted by atomic mass is 15.2. The molecule has 1 heterocycles. The maximum absolute atomic E-state index is 5.71. The van der Waals surface area contributed by atoms with Crippen LogP contribution in [0.2, 0.25) is 0 Å². The van der Waals surface area contributed by atoms with Gasteiger partial charge in [-0.1, -0.05) is 0 Å². The van der Waals surface area contributed by atoms with E-state index in [0.717, 1.165) is 18.6 Å². The van der Waals surface area contributed by atoms with E-state index >= 15 is 0 Å². The summed E-state index contributed by atoms with van der Waals surface area (Å²) in [6.45, 7) is 3.19. The molecule has 1 saturated heterocycles. The Hall–Kier alpha value is -0.0800. The first-order valence-corrected chi connectivity index (χ1v) is 4.12. The molecule has 3 unspecified atom stereocenters. The van der Waals surface area contributed by atoms with E-state index in [1.165, 1.54) is 12.8 Å². The molecule has 3 atom stereocenters. The summed E-state index contributed by atoms with van der Waals surface area (Å²) < 4.78 is 0. The second-order valence-corrected chi connectivity index (χ2v) is 4.01. The van der Waals surface area contributed by atoms with Gasteiger partial charge in [-0.3, -0.25) is 0 Å². The van der Waals surface area contributed by atoms with Gasteiger partial charge in [0.05, 0.1) is 0 Å². The molecule has 0 amide bonds. The smallest absolute Gasteiger partial charge is 0.0171 e. The van der Waals surface area contributed by atoms with Crippen molar-refractivity contribution >= 4 is 0 Å². The number of nitrogens with two attached hydrogens (primary N) is 1. The number of piperidine rings is 1. The highest BCUT2D eigenvalue weighted by Gasteiger charge is 2.61. The Kier molecular flexibility index (Phi) is 1.15. The molecule has 2 fully saturated rings. The van der Waals surface area contributed by atoms with Crippen LogP contribution in [0.1, 0.15) is 19.8 Å². The monoisotopic (exact) mass is 140 g/mol. The zero-order valence-electron chi connectivity index (χ0n) is 6.80. The standard InChI is InChI=1S/C8H16N2/c1-6-3-8(5-9)4-7(8)10(6)2/h6-7H,3-5,9H2,1-2H3. The van der Waals surface area contributed by atoms with Crippen molar-refractivity contribution in [2.24, 2.45) is 11.1 Å². The number of nitrogens with zero attached hydrogens (tertiary/aromatic N) is 1. The van der Waals surface area contributed by atoms with E-state index in [1.54, 1.807) is 0 Å². The second-order valence-electron chi connectivity index (χ2n) is 4.01. The average Bonchev–Trinajstić information content (AvgIpc) is 2.57. The summed E-state index contributed by atoms with van der Waals surface area (Å²) in [5.41, 5.74) is 6.26. The number of hydrogen-bond acceptors (Lipinski definition) is 2. The van der Waals surface area contributed by atoms with E-state index in [9.17, 15) is 0 Å². The lowest BCUT2D eigenvalue weighted by atomic mass is 10.0. The third-order valence-corrected chi connectivity index (χ3v) is 3.44. The Labute approximate surface area is 62.4 Å². The summed E-state index contributed by atoms with van der Waals surface area (Å²) in [4.78, 5) is 2.48. The van der Waals surface area contributed by atoms with Gasteiger partial charge in [-0.2, -0.15) is 0 Å². The topological polar surface area (TPSA) is 29.3 Å². The van der Waals surface area contributed by atoms with E-state index in [1.807, 2.05) is 0 Å². The zero-order chi connectivity index (χ0) is 7.35. The maximum atomic E-state index is 5.71. The van der Waals surface area contributed by atoms with Crippen molar-refractivity contribution in [1.82, 2.24) is 4.90 Å². The molecule has 1 aliphatic carbocycles. The molecule has 2 rings (SSSR count). The third-order valence-electron chi connectivity index (χ3n) is 3.44. The molecular formula is C8H16N2. The Bertz CT molecular complexity index is 157. The lowest BCUT2D eigenvalue weighted by Crippen LogP contribution is -2.25. The molecule has 2 nitrogen and oxygen atoms in total. The molecular weight excluding hydrogens is 124 g/mol. The molecule has 10 heavy (non-hydrogen) atoms. The molecule has 0 aromatic rings. The fourth-order valence-electron chi connectivity index (χ4n) is 2.46. The highest BCUT2D eigenvalue weighted by molar-refractivity contribution is 5.15. The minimum absolute atomic E-state index is 0.550. The first kappa shape index (κ1) is 6.62. The van der Waals surface area contributed by atoms with Crippen LogP contribution in [-0.2, 0) is 0 Å². The van der Waals surface area contributed by atoms with Crippen molar-refractivity contribution in [3.8, 4) is 0 Å². The van der Waals surface area contributed by atoms with Gasteiger partial charge in [0.2, 0.25) is 0 Å². The normalized spacial score (nSPS) is 53.1. The van der Waals surface area contributed by atoms with Crippen molar-refractivity contribution in [3.05, 3.63) is 0 Å². The highest BCUT2D eigenvalue weighted by Crippen LogP contribution is 2.57. The molecule has 2 heteroatoms. The summed E-state index contributed by atoms with van der Waals surface area (Å²) >= 11 is 0. The summed E-state index contributed by atoms with van der Waals surface area (Å²) in [6, 6.07) is 1.59. The van der Waals surface area contributed by atoms with Gasteiger partial charge < -0.3 is 10.6 Å². The van der Waals surface area contributed by atoms with Crippen molar-refractivity contribution in [3.63, 3.8) is 0 Å². The Morgan fingerprint density at radius 1 is 1.60 bits per heavy atom. The van der Waals surface area contributed by atoms with E-state index < -0.39 is 0 Å². The second kappa shape index (κ2) is 1.74. The summed E-state index contributed by atoms with van der Waals surface area (Å²) in [6.07, 6.45) is 2.68. The molecule has 1 saturated carbocycles. The van der Waals surface area contributed by atoms with Crippen LogP contribution in [0.4, 0.5) is 0 Å². The minimum atomic E-state index is 0.550. The predicted molar refractivity (Wildman–Crippen MR) is 41.7 cm³/mol. The molecule has 58 valence electrons. The van der Waals surface area contributed by atoms with Crippen molar-refractivity contribution in [2.45, 2.75) is 31.8 Å². The Morgan fingerprint density at radius 3 is 2.60 bits per heavy atom. The van der Waals surface area contributed by atoms with E-state index in [2.05, 4.69) is 18.9 Å². The summed E-state index contributed by atoms with van der Waals surface area (Å²) in [7, 11) is 2.22. The van der Waals surface area contributed by atoms with Gasteiger partial charge in [-0.05, 0) is 33.4 Å². The molecule has 0 spiro atoms. The lowest BCUT2D eigenvalue weighted by molar-refractivity contribution is 0.286. The van der Waals surface area contributed by atoms with Crippen LogP contribution in [-0.4, -0.2) is 30.6 Å². The summed E-state index contributed by atoms with van der Waals surface area (Å²) in [5.74, 6) is 0. The van der Waals surface area contributed by atoms with Gasteiger partial charge in [0.15, 0.2) is 0 Å². The predicted octanol–water partition coefficient (Wildman–Crippen LogP) is 0.428. The van der Waals surface area contributed by atoms with Gasteiger partial charge in [-0.15, -0.1) is 0 Å². The lowest BCUT2D eigenvalue weighted by Gasteiger charge is -2.17. The van der Waals surface area contributed by atoms with E-state index in [4.69, 9.17) is 5.73 Å². The summed E-state index contributed by atoms with van der Waals surface area (Å²) in [5, 5.41) is 0. The van der Waals surface area contributed by atoms with Gasteiger partial charge in [0.1, 0.15) is 0 Å². The fraction of sp³-hybridized carbons (Fsp3) is 1.00. The maximum Gasteiger partial charge on any atom is 0.0171 e. The Balaban J connectivity index is 2.11. The van der Waals surface area contributed by atoms with Gasteiger partial charge in [0, 0.05) is 17.5 Å². The SMILES string of the molecule is CC1CC2(CN)CC2N1C. The van der Waals surface area contributed by atoms with E-state index in [-0.39, 0.29) is 0 Å². The van der Waals surface area contributed by atoms with Crippen molar-refractivity contribution in [1.29, 1.82) is 0 Å². The molecule has 1 aliphatic heterocycles.